The van der Waals surface area contributed by atoms with E-state index >= 15 is 0 Å². The number of aromatic nitrogens is 4. The highest BCUT2D eigenvalue weighted by atomic mass is 35.5. The van der Waals surface area contributed by atoms with Gasteiger partial charge in [-0.3, -0.25) is 0 Å². The van der Waals surface area contributed by atoms with Crippen LogP contribution in [0, 0.1) is 0 Å². The Bertz CT molecular complexity index is 755. The van der Waals surface area contributed by atoms with Crippen molar-refractivity contribution in [2.24, 2.45) is 0 Å². The Hall–Kier alpha value is -2.11. The maximum Gasteiger partial charge on any atom is 0.143 e. The highest BCUT2D eigenvalue weighted by Crippen LogP contribution is 2.31. The molecule has 20 heavy (non-hydrogen) atoms. The fraction of sp³-hybridized carbons (Fsp3) is 0. The number of halogens is 2. The van der Waals surface area contributed by atoms with Gasteiger partial charge in [0.2, 0.25) is 0 Å². The van der Waals surface area contributed by atoms with Crippen LogP contribution in [0.25, 0.3) is 17.1 Å². The monoisotopic (exact) mass is 305 g/mol. The molecule has 0 saturated carbocycles. The molecule has 0 aliphatic rings. The van der Waals surface area contributed by atoms with Crippen molar-refractivity contribution in [3.05, 3.63) is 52.6 Å². The van der Waals surface area contributed by atoms with Gasteiger partial charge in [0.1, 0.15) is 17.2 Å². The molecule has 0 atom stereocenters. The summed E-state index contributed by atoms with van der Waals surface area (Å²) in [4.78, 5) is 4.21. The Labute approximate surface area is 125 Å². The van der Waals surface area contributed by atoms with Crippen LogP contribution < -0.4 is 5.73 Å². The fourth-order valence-electron chi connectivity index (χ4n) is 1.82. The Balaban J connectivity index is 2.18. The Morgan fingerprint density at radius 2 is 1.80 bits per heavy atom. The molecule has 3 rings (SSSR count). The number of benzene rings is 1. The summed E-state index contributed by atoms with van der Waals surface area (Å²) >= 11 is 12.1. The molecule has 2 N–H and O–H groups in total. The van der Waals surface area contributed by atoms with Crippen LogP contribution in [0.3, 0.4) is 0 Å². The molecule has 0 saturated heterocycles. The average molecular weight is 306 g/mol. The van der Waals surface area contributed by atoms with E-state index in [1.54, 1.807) is 16.9 Å². The first-order valence-electron chi connectivity index (χ1n) is 5.75. The summed E-state index contributed by atoms with van der Waals surface area (Å²) in [6, 6.07) is 11.1. The molecule has 0 bridgehead atoms. The lowest BCUT2D eigenvalue weighted by atomic mass is 10.2. The molecule has 0 fully saturated rings. The SMILES string of the molecule is Nc1nc(-c2cnnn2-c2ccccc2)c(Cl)cc1Cl. The number of anilines is 1. The maximum absolute atomic E-state index is 6.18. The zero-order valence-corrected chi connectivity index (χ0v) is 11.7. The molecule has 1 aromatic carbocycles. The molecule has 7 heteroatoms. The van der Waals surface area contributed by atoms with Crippen molar-refractivity contribution in [2.45, 2.75) is 0 Å². The highest BCUT2D eigenvalue weighted by molar-refractivity contribution is 6.37. The normalized spacial score (nSPS) is 10.7. The number of nitrogens with two attached hydrogens (primary N) is 1. The van der Waals surface area contributed by atoms with Gasteiger partial charge < -0.3 is 5.73 Å². The van der Waals surface area contributed by atoms with E-state index in [1.165, 1.54) is 0 Å². The van der Waals surface area contributed by atoms with Crippen LogP contribution in [-0.2, 0) is 0 Å². The van der Waals surface area contributed by atoms with Gasteiger partial charge in [0, 0.05) is 0 Å². The van der Waals surface area contributed by atoms with Crippen LogP contribution in [0.2, 0.25) is 10.0 Å². The third-order valence-electron chi connectivity index (χ3n) is 2.75. The van der Waals surface area contributed by atoms with Crippen LogP contribution >= 0.6 is 23.2 Å². The number of hydrogen-bond acceptors (Lipinski definition) is 4. The summed E-state index contributed by atoms with van der Waals surface area (Å²) in [5.74, 6) is 0.215. The van der Waals surface area contributed by atoms with E-state index in [-0.39, 0.29) is 5.82 Å². The molecule has 3 aromatic rings. The Morgan fingerprint density at radius 3 is 2.55 bits per heavy atom. The van der Waals surface area contributed by atoms with Crippen LogP contribution in [0.4, 0.5) is 5.82 Å². The first-order valence-corrected chi connectivity index (χ1v) is 6.50. The molecular formula is C13H9Cl2N5. The van der Waals surface area contributed by atoms with Gasteiger partial charge in [-0.2, -0.15) is 0 Å². The van der Waals surface area contributed by atoms with E-state index < -0.39 is 0 Å². The van der Waals surface area contributed by atoms with Crippen molar-refractivity contribution in [2.75, 3.05) is 5.73 Å². The number of nitrogen functional groups attached to an aromatic ring is 1. The first-order chi connectivity index (χ1) is 9.66. The summed E-state index contributed by atoms with van der Waals surface area (Å²) in [6.45, 7) is 0. The van der Waals surface area contributed by atoms with E-state index in [2.05, 4.69) is 15.3 Å². The maximum atomic E-state index is 6.18. The molecular weight excluding hydrogens is 297 g/mol. The second-order valence-corrected chi connectivity index (χ2v) is 4.87. The van der Waals surface area contributed by atoms with Gasteiger partial charge in [0.05, 0.1) is 21.9 Å². The van der Waals surface area contributed by atoms with Crippen LogP contribution in [0.1, 0.15) is 0 Å². The first kappa shape index (κ1) is 12.9. The van der Waals surface area contributed by atoms with Crippen LogP contribution in [0.15, 0.2) is 42.6 Å². The predicted molar refractivity (Wildman–Crippen MR) is 79.0 cm³/mol. The molecule has 2 aromatic heterocycles. The standard InChI is InChI=1S/C13H9Cl2N5/c14-9-6-10(15)13(16)18-12(9)11-7-17-19-20(11)8-4-2-1-3-5-8/h1-7H,(H2,16,18). The van der Waals surface area contributed by atoms with Gasteiger partial charge in [-0.05, 0) is 18.2 Å². The average Bonchev–Trinajstić information content (AvgIpc) is 2.93. The summed E-state index contributed by atoms with van der Waals surface area (Å²) in [6.07, 6.45) is 1.58. The highest BCUT2D eigenvalue weighted by Gasteiger charge is 2.15. The molecule has 5 nitrogen and oxygen atoms in total. The second-order valence-electron chi connectivity index (χ2n) is 4.05. The van der Waals surface area contributed by atoms with Gasteiger partial charge in [0.25, 0.3) is 0 Å². The molecule has 0 unspecified atom stereocenters. The Kier molecular flexibility index (Phi) is 3.30. The van der Waals surface area contributed by atoms with Gasteiger partial charge >= 0.3 is 0 Å². The molecule has 2 heterocycles. The van der Waals surface area contributed by atoms with Crippen LogP contribution in [0.5, 0.6) is 0 Å². The van der Waals surface area contributed by atoms with E-state index in [0.29, 0.717) is 21.4 Å². The number of rotatable bonds is 2. The molecule has 0 aliphatic heterocycles. The summed E-state index contributed by atoms with van der Waals surface area (Å²) < 4.78 is 1.64. The van der Waals surface area contributed by atoms with Crippen molar-refractivity contribution in [1.82, 2.24) is 20.0 Å². The van der Waals surface area contributed by atoms with Gasteiger partial charge in [0.15, 0.2) is 0 Å². The number of para-hydroxylation sites is 1. The van der Waals surface area contributed by atoms with E-state index in [0.717, 1.165) is 5.69 Å². The van der Waals surface area contributed by atoms with Crippen molar-refractivity contribution in [1.29, 1.82) is 0 Å². The third-order valence-corrected chi connectivity index (χ3v) is 3.34. The molecule has 0 amide bonds. The number of hydrogen-bond donors (Lipinski definition) is 1. The summed E-state index contributed by atoms with van der Waals surface area (Å²) in [7, 11) is 0. The summed E-state index contributed by atoms with van der Waals surface area (Å²) in [5.41, 5.74) is 7.72. The van der Waals surface area contributed by atoms with Gasteiger partial charge in [-0.15, -0.1) is 5.10 Å². The minimum atomic E-state index is 0.215. The van der Waals surface area contributed by atoms with Crippen molar-refractivity contribution >= 4 is 29.0 Å². The molecule has 0 radical (unpaired) electrons. The predicted octanol–water partition coefficient (Wildman–Crippen LogP) is 3.22. The number of pyridine rings is 1. The lowest BCUT2D eigenvalue weighted by Gasteiger charge is -2.08. The Morgan fingerprint density at radius 1 is 1.05 bits per heavy atom. The minimum Gasteiger partial charge on any atom is -0.382 e. The molecule has 0 spiro atoms. The van der Waals surface area contributed by atoms with Crippen molar-refractivity contribution in [3.63, 3.8) is 0 Å². The van der Waals surface area contributed by atoms with E-state index in [1.807, 2.05) is 30.3 Å². The quantitative estimate of drug-likeness (QED) is 0.789. The zero-order valence-electron chi connectivity index (χ0n) is 10.2. The smallest absolute Gasteiger partial charge is 0.143 e. The van der Waals surface area contributed by atoms with Crippen molar-refractivity contribution in [3.8, 4) is 17.1 Å². The fourth-order valence-corrected chi connectivity index (χ4v) is 2.27. The van der Waals surface area contributed by atoms with Crippen LogP contribution in [-0.4, -0.2) is 20.0 Å². The topological polar surface area (TPSA) is 69.6 Å². The third kappa shape index (κ3) is 2.21. The molecule has 100 valence electrons. The lowest BCUT2D eigenvalue weighted by Crippen LogP contribution is -2.02. The van der Waals surface area contributed by atoms with Crippen molar-refractivity contribution < 1.29 is 0 Å². The van der Waals surface area contributed by atoms with E-state index in [4.69, 9.17) is 28.9 Å². The lowest BCUT2D eigenvalue weighted by molar-refractivity contribution is 0.806. The summed E-state index contributed by atoms with van der Waals surface area (Å²) in [5, 5.41) is 8.67. The van der Waals surface area contributed by atoms with Gasteiger partial charge in [-0.1, -0.05) is 46.6 Å². The largest absolute Gasteiger partial charge is 0.382 e. The number of nitrogens with zero attached hydrogens (tertiary/aromatic N) is 4. The molecule has 0 aliphatic carbocycles. The minimum absolute atomic E-state index is 0.215. The van der Waals surface area contributed by atoms with E-state index in [9.17, 15) is 0 Å². The second kappa shape index (κ2) is 5.11. The zero-order chi connectivity index (χ0) is 14.1. The van der Waals surface area contributed by atoms with Gasteiger partial charge in [-0.25, -0.2) is 9.67 Å².